The number of nitrogen functional groups attached to an aromatic ring is 1. The van der Waals surface area contributed by atoms with Crippen LogP contribution in [-0.4, -0.2) is 10.4 Å². The summed E-state index contributed by atoms with van der Waals surface area (Å²) < 4.78 is 3.60. The summed E-state index contributed by atoms with van der Waals surface area (Å²) in [6.45, 7) is 2.06. The number of nitrogens with two attached hydrogens (primary N) is 1. The molecule has 0 amide bonds. The average molecular weight is 328 g/mol. The first-order valence-corrected chi connectivity index (χ1v) is 8.62. The highest BCUT2D eigenvalue weighted by atomic mass is 35.5. The van der Waals surface area contributed by atoms with Crippen molar-refractivity contribution < 1.29 is 0 Å². The summed E-state index contributed by atoms with van der Waals surface area (Å²) in [5.41, 5.74) is 10.9. The van der Waals surface area contributed by atoms with Crippen molar-refractivity contribution in [1.29, 1.82) is 0 Å². The molecule has 3 aromatic rings. The first kappa shape index (κ1) is 13.6. The van der Waals surface area contributed by atoms with Crippen molar-refractivity contribution in [3.63, 3.8) is 0 Å². The van der Waals surface area contributed by atoms with Crippen molar-refractivity contribution in [1.82, 2.24) is 4.98 Å². The fraction of sp³-hybridized carbons (Fsp3) is 0.0588. The first-order chi connectivity index (χ1) is 10.7. The molecule has 0 aliphatic carbocycles. The number of anilines is 2. The molecule has 1 unspecified atom stereocenters. The van der Waals surface area contributed by atoms with Crippen LogP contribution in [0.25, 0.3) is 22.0 Å². The van der Waals surface area contributed by atoms with Gasteiger partial charge in [0.1, 0.15) is 0 Å². The summed E-state index contributed by atoms with van der Waals surface area (Å²) in [5.74, 6) is 0. The maximum Gasteiger partial charge on any atom is 0.0962 e. The van der Waals surface area contributed by atoms with Crippen LogP contribution < -0.4 is 10.5 Å². The van der Waals surface area contributed by atoms with Crippen LogP contribution in [0.3, 0.4) is 0 Å². The molecule has 0 radical (unpaired) electrons. The number of hydrogen-bond acceptors (Lipinski definition) is 3. The lowest BCUT2D eigenvalue weighted by Crippen LogP contribution is -2.05. The van der Waals surface area contributed by atoms with E-state index < -0.39 is 0 Å². The predicted molar refractivity (Wildman–Crippen MR) is 97.8 cm³/mol. The number of rotatable bonds is 0. The lowest BCUT2D eigenvalue weighted by molar-refractivity contribution is 1.39. The number of nitrogens with one attached hydrogen (secondary N) is 1. The molecule has 1 atom stereocenters. The Morgan fingerprint density at radius 3 is 2.91 bits per heavy atom. The molecule has 4 rings (SSSR count). The Morgan fingerprint density at radius 2 is 2.09 bits per heavy atom. The van der Waals surface area contributed by atoms with E-state index in [0.717, 1.165) is 33.4 Å². The van der Waals surface area contributed by atoms with Crippen LogP contribution in [0.1, 0.15) is 6.92 Å². The van der Waals surface area contributed by atoms with Crippen LogP contribution in [0, 0.1) is 0 Å². The van der Waals surface area contributed by atoms with Crippen molar-refractivity contribution >= 4 is 49.9 Å². The lowest BCUT2D eigenvalue weighted by Gasteiger charge is -2.26. The van der Waals surface area contributed by atoms with Gasteiger partial charge in [-0.1, -0.05) is 22.3 Å². The van der Waals surface area contributed by atoms with Gasteiger partial charge in [-0.3, -0.25) is 4.98 Å². The topological polar surface area (TPSA) is 50.9 Å². The number of benzene rings is 2. The minimum absolute atomic E-state index is 0.172. The molecule has 5 heteroatoms. The van der Waals surface area contributed by atoms with Crippen molar-refractivity contribution in [3.8, 4) is 11.1 Å². The van der Waals surface area contributed by atoms with Crippen LogP contribution >= 0.6 is 22.3 Å². The molecule has 3 N–H and O–H groups in total. The van der Waals surface area contributed by atoms with Crippen molar-refractivity contribution in [2.45, 2.75) is 11.8 Å². The number of pyridine rings is 1. The standard InChI is InChI=1S/C17H14ClN3S/c1-2-22-15-6-5-10(19)8-12(15)13-9-14(18)11-4-3-7-20-16(11)17(13)21-22/h2-9,21H,19H2,1H3. The van der Waals surface area contributed by atoms with Gasteiger partial charge in [-0.2, -0.15) is 0 Å². The van der Waals surface area contributed by atoms with Gasteiger partial charge in [0.2, 0.25) is 0 Å². The van der Waals surface area contributed by atoms with E-state index in [1.54, 1.807) is 6.20 Å². The van der Waals surface area contributed by atoms with Gasteiger partial charge in [-0.15, -0.1) is 0 Å². The van der Waals surface area contributed by atoms with Gasteiger partial charge in [0.05, 0.1) is 16.2 Å². The van der Waals surface area contributed by atoms with E-state index >= 15 is 0 Å². The lowest BCUT2D eigenvalue weighted by atomic mass is 10.0. The third kappa shape index (κ3) is 1.91. The summed E-state index contributed by atoms with van der Waals surface area (Å²) in [4.78, 5) is 5.76. The second kappa shape index (κ2) is 5.00. The Hall–Kier alpha value is -2.04. The molecule has 1 aliphatic rings. The van der Waals surface area contributed by atoms with Crippen LogP contribution in [-0.2, 0) is 0 Å². The van der Waals surface area contributed by atoms with E-state index in [2.05, 4.69) is 28.1 Å². The maximum atomic E-state index is 6.47. The first-order valence-electron chi connectivity index (χ1n) is 6.95. The maximum absolute atomic E-state index is 6.47. The SMILES string of the molecule is C/C=S1\Nc2c(cc(Cl)c3cccnc23)-c2cc(N)ccc21. The second-order valence-corrected chi connectivity index (χ2v) is 7.31. The molecule has 0 bridgehead atoms. The highest BCUT2D eigenvalue weighted by Gasteiger charge is 2.22. The largest absolute Gasteiger partial charge is 0.399 e. The van der Waals surface area contributed by atoms with Crippen LogP contribution in [0.4, 0.5) is 11.4 Å². The number of hydrogen-bond donors (Lipinski definition) is 2. The third-order valence-electron chi connectivity index (χ3n) is 3.82. The molecular formula is C17H14ClN3S. The van der Waals surface area contributed by atoms with E-state index in [1.165, 1.54) is 4.90 Å². The van der Waals surface area contributed by atoms with Crippen LogP contribution in [0.2, 0.25) is 5.02 Å². The third-order valence-corrected chi connectivity index (χ3v) is 5.86. The Kier molecular flexibility index (Phi) is 3.10. The Labute approximate surface area is 136 Å². The molecule has 1 aromatic heterocycles. The smallest absolute Gasteiger partial charge is 0.0962 e. The number of halogens is 1. The summed E-state index contributed by atoms with van der Waals surface area (Å²) in [6.07, 6.45) is 1.79. The zero-order valence-electron chi connectivity index (χ0n) is 11.9. The van der Waals surface area contributed by atoms with E-state index in [1.807, 2.05) is 30.3 Å². The summed E-state index contributed by atoms with van der Waals surface area (Å²) in [7, 11) is -0.172. The van der Waals surface area contributed by atoms with E-state index in [-0.39, 0.29) is 10.7 Å². The van der Waals surface area contributed by atoms with Crippen molar-refractivity contribution in [3.05, 3.63) is 47.6 Å². The van der Waals surface area contributed by atoms with E-state index in [0.29, 0.717) is 5.02 Å². The van der Waals surface area contributed by atoms with E-state index in [4.69, 9.17) is 17.3 Å². The monoisotopic (exact) mass is 327 g/mol. The highest BCUT2D eigenvalue weighted by Crippen LogP contribution is 2.49. The predicted octanol–water partition coefficient (Wildman–Crippen LogP) is 4.93. The summed E-state index contributed by atoms with van der Waals surface area (Å²) >= 11 is 6.47. The zero-order valence-corrected chi connectivity index (χ0v) is 13.5. The molecule has 22 heavy (non-hydrogen) atoms. The fourth-order valence-corrected chi connectivity index (χ4v) is 4.61. The number of nitrogens with zero attached hydrogens (tertiary/aromatic N) is 1. The minimum atomic E-state index is -0.172. The molecule has 0 fully saturated rings. The van der Waals surface area contributed by atoms with Gasteiger partial charge in [0.25, 0.3) is 0 Å². The summed E-state index contributed by atoms with van der Waals surface area (Å²) in [6, 6.07) is 11.9. The molecule has 110 valence electrons. The molecule has 0 spiro atoms. The van der Waals surface area contributed by atoms with E-state index in [9.17, 15) is 0 Å². The number of fused-ring (bicyclic) bond motifs is 5. The van der Waals surface area contributed by atoms with Gasteiger partial charge in [0.15, 0.2) is 0 Å². The normalized spacial score (nSPS) is 16.2. The Bertz CT molecular complexity index is 950. The summed E-state index contributed by atoms with van der Waals surface area (Å²) in [5, 5.41) is 3.84. The molecular weight excluding hydrogens is 314 g/mol. The fourth-order valence-electron chi connectivity index (χ4n) is 2.82. The Balaban J connectivity index is 2.15. The molecule has 3 nitrogen and oxygen atoms in total. The van der Waals surface area contributed by atoms with Gasteiger partial charge in [0, 0.05) is 33.3 Å². The Morgan fingerprint density at radius 1 is 1.23 bits per heavy atom. The van der Waals surface area contributed by atoms with Crippen molar-refractivity contribution in [2.75, 3.05) is 10.5 Å². The molecule has 0 saturated carbocycles. The van der Waals surface area contributed by atoms with Gasteiger partial charge >= 0.3 is 0 Å². The highest BCUT2D eigenvalue weighted by molar-refractivity contribution is 8.16. The molecule has 2 heterocycles. The quantitative estimate of drug-likeness (QED) is 0.455. The molecule has 0 saturated heterocycles. The average Bonchev–Trinajstić information content (AvgIpc) is 2.55. The van der Waals surface area contributed by atoms with Gasteiger partial charge in [-0.25, -0.2) is 0 Å². The van der Waals surface area contributed by atoms with Crippen molar-refractivity contribution in [2.24, 2.45) is 0 Å². The van der Waals surface area contributed by atoms with Crippen LogP contribution in [0.5, 0.6) is 0 Å². The molecule has 2 aromatic carbocycles. The van der Waals surface area contributed by atoms with Gasteiger partial charge < -0.3 is 10.5 Å². The van der Waals surface area contributed by atoms with Crippen LogP contribution in [0.15, 0.2) is 47.5 Å². The second-order valence-electron chi connectivity index (χ2n) is 5.11. The van der Waals surface area contributed by atoms with Gasteiger partial charge in [-0.05, 0) is 48.7 Å². The minimum Gasteiger partial charge on any atom is -0.399 e. The molecule has 1 aliphatic heterocycles. The number of aromatic nitrogens is 1. The zero-order chi connectivity index (χ0) is 15.3.